The van der Waals surface area contributed by atoms with Crippen LogP contribution in [0.5, 0.6) is 0 Å². The lowest BCUT2D eigenvalue weighted by Crippen LogP contribution is -2.41. The van der Waals surface area contributed by atoms with E-state index in [9.17, 15) is 16.8 Å². The molecule has 0 aliphatic heterocycles. The number of rotatable bonds is 6. The molecular weight excluding hydrogens is 304 g/mol. The lowest BCUT2D eigenvalue weighted by atomic mass is 10.1. The molecule has 0 saturated heterocycles. The Hall–Kier alpha value is -1.00. The van der Waals surface area contributed by atoms with Gasteiger partial charge in [0.2, 0.25) is 20.0 Å². The summed E-state index contributed by atoms with van der Waals surface area (Å²) in [4.78, 5) is -0.506. The van der Waals surface area contributed by atoms with Gasteiger partial charge >= 0.3 is 0 Å². The van der Waals surface area contributed by atoms with Crippen molar-refractivity contribution in [2.24, 2.45) is 11.1 Å². The molecule has 1 aromatic carbocycles. The summed E-state index contributed by atoms with van der Waals surface area (Å²) in [6.45, 7) is 3.15. The molecule has 0 heterocycles. The number of nitrogens with one attached hydrogen (secondary N) is 1. The van der Waals surface area contributed by atoms with E-state index in [2.05, 4.69) is 4.72 Å². The van der Waals surface area contributed by atoms with E-state index in [1.807, 2.05) is 0 Å². The molecule has 0 saturated carbocycles. The molecule has 0 aromatic heterocycles. The van der Waals surface area contributed by atoms with Crippen molar-refractivity contribution >= 4 is 20.0 Å². The summed E-state index contributed by atoms with van der Waals surface area (Å²) in [6.07, 6.45) is 0. The largest absolute Gasteiger partial charge is 0.395 e. The van der Waals surface area contributed by atoms with Crippen LogP contribution in [-0.4, -0.2) is 34.6 Å². The van der Waals surface area contributed by atoms with Gasteiger partial charge in [0.1, 0.15) is 0 Å². The van der Waals surface area contributed by atoms with Gasteiger partial charge in [-0.15, -0.1) is 0 Å². The highest BCUT2D eigenvalue weighted by Crippen LogP contribution is 2.16. The fourth-order valence-corrected chi connectivity index (χ4v) is 3.53. The van der Waals surface area contributed by atoms with E-state index in [0.29, 0.717) is 0 Å². The van der Waals surface area contributed by atoms with Crippen molar-refractivity contribution in [3.05, 3.63) is 24.3 Å². The summed E-state index contributed by atoms with van der Waals surface area (Å²) >= 11 is 0. The molecule has 4 N–H and O–H groups in total. The molecule has 9 heteroatoms. The molecule has 1 atom stereocenters. The first-order valence-electron chi connectivity index (χ1n) is 5.84. The zero-order chi connectivity index (χ0) is 15.6. The molecule has 7 nitrogen and oxygen atoms in total. The van der Waals surface area contributed by atoms with Crippen molar-refractivity contribution < 1.29 is 21.9 Å². The number of benzene rings is 1. The number of nitrogens with two attached hydrogens (primary N) is 1. The highest BCUT2D eigenvalue weighted by atomic mass is 32.2. The summed E-state index contributed by atoms with van der Waals surface area (Å²) in [5.41, 5.74) is 0. The molecule has 114 valence electrons. The van der Waals surface area contributed by atoms with Crippen molar-refractivity contribution in [1.82, 2.24) is 4.72 Å². The van der Waals surface area contributed by atoms with Crippen LogP contribution in [-0.2, 0) is 20.0 Å². The van der Waals surface area contributed by atoms with Gasteiger partial charge < -0.3 is 5.11 Å². The lowest BCUT2D eigenvalue weighted by molar-refractivity contribution is 0.227. The summed E-state index contributed by atoms with van der Waals surface area (Å²) in [5, 5.41) is 14.1. The molecule has 20 heavy (non-hydrogen) atoms. The van der Waals surface area contributed by atoms with Gasteiger partial charge in [-0.1, -0.05) is 19.9 Å². The van der Waals surface area contributed by atoms with Crippen LogP contribution < -0.4 is 9.86 Å². The van der Waals surface area contributed by atoms with Gasteiger partial charge in [0, 0.05) is 6.04 Å². The zero-order valence-corrected chi connectivity index (χ0v) is 12.8. The molecule has 0 bridgehead atoms. The highest BCUT2D eigenvalue weighted by Gasteiger charge is 2.23. The van der Waals surface area contributed by atoms with Crippen LogP contribution in [0.15, 0.2) is 34.1 Å². The first kappa shape index (κ1) is 17.1. The Balaban J connectivity index is 3.17. The molecule has 1 rings (SSSR count). The van der Waals surface area contributed by atoms with E-state index in [0.717, 1.165) is 6.07 Å². The summed E-state index contributed by atoms with van der Waals surface area (Å²) in [6, 6.07) is 4.08. The van der Waals surface area contributed by atoms with Crippen LogP contribution in [0.25, 0.3) is 0 Å². The van der Waals surface area contributed by atoms with Gasteiger partial charge in [0.15, 0.2) is 0 Å². The number of hydrogen-bond acceptors (Lipinski definition) is 5. The monoisotopic (exact) mass is 322 g/mol. The number of hydrogen-bond donors (Lipinski definition) is 3. The lowest BCUT2D eigenvalue weighted by Gasteiger charge is -2.19. The Morgan fingerprint density at radius 3 is 2.20 bits per heavy atom. The van der Waals surface area contributed by atoms with Crippen LogP contribution in [0.3, 0.4) is 0 Å². The van der Waals surface area contributed by atoms with Crippen molar-refractivity contribution in [2.75, 3.05) is 6.61 Å². The third-order valence-corrected chi connectivity index (χ3v) is 5.15. The molecule has 0 spiro atoms. The zero-order valence-electron chi connectivity index (χ0n) is 11.1. The maximum absolute atomic E-state index is 12.1. The molecular formula is C11H18N2O5S2. The van der Waals surface area contributed by atoms with Gasteiger partial charge in [-0.2, -0.15) is 0 Å². The Morgan fingerprint density at radius 2 is 1.75 bits per heavy atom. The minimum absolute atomic E-state index is 0.115. The number of primary sulfonamides is 1. The van der Waals surface area contributed by atoms with Crippen molar-refractivity contribution in [3.63, 3.8) is 0 Å². The van der Waals surface area contributed by atoms with Crippen LogP contribution in [0.1, 0.15) is 13.8 Å². The Kier molecular flexibility index (Phi) is 5.27. The van der Waals surface area contributed by atoms with Crippen LogP contribution in [0.4, 0.5) is 0 Å². The van der Waals surface area contributed by atoms with Gasteiger partial charge in [-0.25, -0.2) is 26.7 Å². The average Bonchev–Trinajstić information content (AvgIpc) is 2.35. The maximum Gasteiger partial charge on any atom is 0.240 e. The second-order valence-electron chi connectivity index (χ2n) is 4.67. The molecule has 1 aromatic rings. The predicted molar refractivity (Wildman–Crippen MR) is 73.8 cm³/mol. The van der Waals surface area contributed by atoms with Crippen molar-refractivity contribution in [3.8, 4) is 0 Å². The quantitative estimate of drug-likeness (QED) is 0.658. The van der Waals surface area contributed by atoms with Gasteiger partial charge in [0.25, 0.3) is 0 Å². The SMILES string of the molecule is CC(C)C(CO)NS(=O)(=O)c1cccc(S(N)(=O)=O)c1. The van der Waals surface area contributed by atoms with Crippen molar-refractivity contribution in [2.45, 2.75) is 29.7 Å². The van der Waals surface area contributed by atoms with Crippen LogP contribution in [0, 0.1) is 5.92 Å². The van der Waals surface area contributed by atoms with Gasteiger partial charge in [-0.3, -0.25) is 0 Å². The third-order valence-electron chi connectivity index (χ3n) is 2.75. The molecule has 0 aliphatic rings. The first-order chi connectivity index (χ1) is 9.08. The first-order valence-corrected chi connectivity index (χ1v) is 8.87. The average molecular weight is 322 g/mol. The highest BCUT2D eigenvalue weighted by molar-refractivity contribution is 7.90. The number of aliphatic hydroxyl groups is 1. The second-order valence-corrected chi connectivity index (χ2v) is 7.95. The van der Waals surface area contributed by atoms with Gasteiger partial charge in [0.05, 0.1) is 16.4 Å². The normalized spacial score (nSPS) is 14.4. The molecule has 0 aliphatic carbocycles. The smallest absolute Gasteiger partial charge is 0.240 e. The molecule has 0 radical (unpaired) electrons. The third kappa shape index (κ3) is 4.25. The minimum Gasteiger partial charge on any atom is -0.395 e. The van der Waals surface area contributed by atoms with Crippen LogP contribution >= 0.6 is 0 Å². The number of sulfonamides is 2. The molecule has 1 unspecified atom stereocenters. The van der Waals surface area contributed by atoms with E-state index in [1.165, 1.54) is 18.2 Å². The van der Waals surface area contributed by atoms with E-state index >= 15 is 0 Å². The summed E-state index contributed by atoms with van der Waals surface area (Å²) < 4.78 is 49.0. The molecule has 0 amide bonds. The topological polar surface area (TPSA) is 127 Å². The predicted octanol–water partition coefficient (Wildman–Crippen LogP) is -0.371. The van der Waals surface area contributed by atoms with Crippen molar-refractivity contribution in [1.29, 1.82) is 0 Å². The van der Waals surface area contributed by atoms with E-state index in [4.69, 9.17) is 10.2 Å². The summed E-state index contributed by atoms with van der Waals surface area (Å²) in [5.74, 6) is -0.115. The van der Waals surface area contributed by atoms with E-state index in [1.54, 1.807) is 13.8 Å². The fourth-order valence-electron chi connectivity index (χ4n) is 1.47. The van der Waals surface area contributed by atoms with E-state index < -0.39 is 26.1 Å². The Labute approximate surface area is 118 Å². The molecule has 0 fully saturated rings. The maximum atomic E-state index is 12.1. The Morgan fingerprint density at radius 1 is 1.20 bits per heavy atom. The van der Waals surface area contributed by atoms with E-state index in [-0.39, 0.29) is 22.3 Å². The van der Waals surface area contributed by atoms with Gasteiger partial charge in [-0.05, 0) is 24.1 Å². The summed E-state index contributed by atoms with van der Waals surface area (Å²) in [7, 11) is -7.91. The number of aliphatic hydroxyl groups excluding tert-OH is 1. The second kappa shape index (κ2) is 6.19. The minimum atomic E-state index is -3.98. The Bertz CT molecular complexity index is 668. The van der Waals surface area contributed by atoms with Crippen LogP contribution in [0.2, 0.25) is 0 Å². The standard InChI is InChI=1S/C11H18N2O5S2/c1-8(2)11(7-14)13-20(17,18)10-5-3-4-9(6-10)19(12,15)16/h3-6,8,11,13-14H,7H2,1-2H3,(H2,12,15,16). The fraction of sp³-hybridized carbons (Fsp3) is 0.455.